The highest BCUT2D eigenvalue weighted by molar-refractivity contribution is 9.10. The number of nitrogens with one attached hydrogen (secondary N) is 2. The highest BCUT2D eigenvalue weighted by atomic mass is 79.9. The van der Waals surface area contributed by atoms with Gasteiger partial charge in [0.15, 0.2) is 0 Å². The lowest BCUT2D eigenvalue weighted by atomic mass is 10.1. The maximum atomic E-state index is 12.0. The molecule has 2 rings (SSSR count). The number of pyridine rings is 1. The Balaban J connectivity index is 2.19. The summed E-state index contributed by atoms with van der Waals surface area (Å²) < 4.78 is 27.0. The number of carbonyl (C=O) groups is 1. The van der Waals surface area contributed by atoms with E-state index in [1.807, 2.05) is 0 Å². The van der Waals surface area contributed by atoms with Gasteiger partial charge in [-0.15, -0.1) is 0 Å². The normalized spacial score (nSPS) is 20.5. The molecule has 18 heavy (non-hydrogen) atoms. The van der Waals surface area contributed by atoms with Gasteiger partial charge >= 0.3 is 0 Å². The monoisotopic (exact) mass is 333 g/mol. The number of sulfonamides is 1. The molecule has 8 heteroatoms. The Morgan fingerprint density at radius 1 is 1.44 bits per heavy atom. The van der Waals surface area contributed by atoms with Crippen LogP contribution in [0, 0.1) is 0 Å². The van der Waals surface area contributed by atoms with Crippen molar-refractivity contribution in [2.24, 2.45) is 0 Å². The quantitative estimate of drug-likeness (QED) is 0.838. The number of hydrogen-bond donors (Lipinski definition) is 2. The van der Waals surface area contributed by atoms with E-state index in [4.69, 9.17) is 0 Å². The fourth-order valence-electron chi connectivity index (χ4n) is 1.68. The van der Waals surface area contributed by atoms with Crippen molar-refractivity contribution in [2.75, 3.05) is 6.54 Å². The van der Waals surface area contributed by atoms with Gasteiger partial charge in [-0.05, 0) is 34.8 Å². The standard InChI is InChI=1S/C10H12BrN3O3S/c11-7-4-8(6-12-5-7)18(16,17)14-9-2-1-3-13-10(9)15/h4-6,9,14H,1-3H2,(H,13,15). The van der Waals surface area contributed by atoms with Crippen LogP contribution in [0.2, 0.25) is 0 Å². The second-order valence-corrected chi connectivity index (χ2v) is 6.58. The summed E-state index contributed by atoms with van der Waals surface area (Å²) in [5, 5.41) is 2.63. The second kappa shape index (κ2) is 5.33. The van der Waals surface area contributed by atoms with Crippen LogP contribution in [0.3, 0.4) is 0 Å². The molecule has 0 bridgehead atoms. The molecule has 2 N–H and O–H groups in total. The van der Waals surface area contributed by atoms with Gasteiger partial charge in [0.25, 0.3) is 0 Å². The van der Waals surface area contributed by atoms with Crippen LogP contribution in [0.1, 0.15) is 12.8 Å². The molecule has 1 amide bonds. The maximum absolute atomic E-state index is 12.0. The lowest BCUT2D eigenvalue weighted by molar-refractivity contribution is -0.124. The zero-order valence-corrected chi connectivity index (χ0v) is 11.8. The third-order valence-corrected chi connectivity index (χ3v) is 4.45. The van der Waals surface area contributed by atoms with Crippen LogP contribution >= 0.6 is 15.9 Å². The summed E-state index contributed by atoms with van der Waals surface area (Å²) in [6, 6.07) is 0.735. The highest BCUT2D eigenvalue weighted by Crippen LogP contribution is 2.15. The van der Waals surface area contributed by atoms with Crippen molar-refractivity contribution in [1.29, 1.82) is 0 Å². The number of rotatable bonds is 3. The summed E-state index contributed by atoms with van der Waals surface area (Å²) in [5.74, 6) is -0.284. The molecule has 0 spiro atoms. The Hall–Kier alpha value is -0.990. The van der Waals surface area contributed by atoms with Crippen LogP contribution in [-0.2, 0) is 14.8 Å². The largest absolute Gasteiger partial charge is 0.355 e. The molecule has 1 unspecified atom stereocenters. The van der Waals surface area contributed by atoms with Crippen molar-refractivity contribution in [1.82, 2.24) is 15.0 Å². The van der Waals surface area contributed by atoms with Gasteiger partial charge in [-0.25, -0.2) is 8.42 Å². The summed E-state index contributed by atoms with van der Waals surface area (Å²) in [4.78, 5) is 15.3. The SMILES string of the molecule is O=C1NCCCC1NS(=O)(=O)c1cncc(Br)c1. The van der Waals surface area contributed by atoms with Gasteiger partial charge in [0, 0.05) is 23.4 Å². The highest BCUT2D eigenvalue weighted by Gasteiger charge is 2.27. The number of carbonyl (C=O) groups excluding carboxylic acids is 1. The predicted octanol–water partition coefficient (Wildman–Crippen LogP) is 0.401. The summed E-state index contributed by atoms with van der Waals surface area (Å²) in [5.41, 5.74) is 0. The van der Waals surface area contributed by atoms with Gasteiger partial charge in [-0.3, -0.25) is 9.78 Å². The Kier molecular flexibility index (Phi) is 3.98. The van der Waals surface area contributed by atoms with E-state index in [1.54, 1.807) is 0 Å². The summed E-state index contributed by atoms with van der Waals surface area (Å²) in [7, 11) is -3.72. The lowest BCUT2D eigenvalue weighted by Gasteiger charge is -2.22. The minimum atomic E-state index is -3.72. The van der Waals surface area contributed by atoms with Crippen molar-refractivity contribution in [3.63, 3.8) is 0 Å². The molecule has 1 aliphatic rings. The average Bonchev–Trinajstić information content (AvgIpc) is 2.32. The van der Waals surface area contributed by atoms with Gasteiger partial charge in [0.1, 0.15) is 10.9 Å². The summed E-state index contributed by atoms with van der Waals surface area (Å²) in [6.45, 7) is 0.593. The Labute approximate surface area is 113 Å². The smallest absolute Gasteiger partial charge is 0.242 e. The van der Waals surface area contributed by atoms with Crippen molar-refractivity contribution >= 4 is 31.9 Å². The second-order valence-electron chi connectivity index (χ2n) is 3.95. The van der Waals surface area contributed by atoms with Crippen LogP contribution < -0.4 is 10.0 Å². The molecule has 1 aromatic heterocycles. The Bertz CT molecular complexity index is 561. The molecule has 1 aliphatic heterocycles. The molecular weight excluding hydrogens is 322 g/mol. The molecule has 0 aliphatic carbocycles. The zero-order valence-electron chi connectivity index (χ0n) is 9.39. The van der Waals surface area contributed by atoms with E-state index in [2.05, 4.69) is 31.0 Å². The van der Waals surface area contributed by atoms with Crippen LogP contribution in [0.4, 0.5) is 0 Å². The van der Waals surface area contributed by atoms with Crippen LogP contribution in [0.5, 0.6) is 0 Å². The molecule has 1 fully saturated rings. The average molecular weight is 334 g/mol. The molecule has 1 atom stereocenters. The minimum Gasteiger partial charge on any atom is -0.355 e. The molecule has 1 aromatic rings. The molecule has 6 nitrogen and oxygen atoms in total. The molecule has 98 valence electrons. The van der Waals surface area contributed by atoms with Gasteiger partial charge in [-0.2, -0.15) is 4.72 Å². The van der Waals surface area contributed by atoms with E-state index >= 15 is 0 Å². The van der Waals surface area contributed by atoms with Crippen molar-refractivity contribution in [3.05, 3.63) is 22.9 Å². The lowest BCUT2D eigenvalue weighted by Crippen LogP contribution is -2.50. The van der Waals surface area contributed by atoms with Crippen LogP contribution in [0.15, 0.2) is 27.8 Å². The molecular formula is C10H12BrN3O3S. The van der Waals surface area contributed by atoms with E-state index in [0.29, 0.717) is 17.4 Å². The zero-order chi connectivity index (χ0) is 13.2. The fourth-order valence-corrected chi connectivity index (χ4v) is 3.41. The number of hydrogen-bond acceptors (Lipinski definition) is 4. The molecule has 0 saturated carbocycles. The van der Waals surface area contributed by atoms with Crippen molar-refractivity contribution in [2.45, 2.75) is 23.8 Å². The van der Waals surface area contributed by atoms with Crippen LogP contribution in [0.25, 0.3) is 0 Å². The Morgan fingerprint density at radius 3 is 2.89 bits per heavy atom. The van der Waals surface area contributed by atoms with Gasteiger partial charge in [-0.1, -0.05) is 0 Å². The van der Waals surface area contributed by atoms with Gasteiger partial charge < -0.3 is 5.32 Å². The van der Waals surface area contributed by atoms with Crippen molar-refractivity contribution < 1.29 is 13.2 Å². The van der Waals surface area contributed by atoms with E-state index in [9.17, 15) is 13.2 Å². The number of aromatic nitrogens is 1. The summed E-state index contributed by atoms with van der Waals surface area (Å²) >= 11 is 3.16. The number of nitrogens with zero attached hydrogens (tertiary/aromatic N) is 1. The molecule has 1 saturated heterocycles. The first kappa shape index (κ1) is 13.4. The maximum Gasteiger partial charge on any atom is 0.242 e. The number of piperidine rings is 1. The van der Waals surface area contributed by atoms with E-state index in [0.717, 1.165) is 6.42 Å². The minimum absolute atomic E-state index is 0.0373. The molecule has 0 aromatic carbocycles. The third kappa shape index (κ3) is 3.06. The van der Waals surface area contributed by atoms with E-state index in [1.165, 1.54) is 18.5 Å². The van der Waals surface area contributed by atoms with Gasteiger partial charge in [0.2, 0.25) is 15.9 Å². The van der Waals surface area contributed by atoms with E-state index < -0.39 is 16.1 Å². The first-order valence-electron chi connectivity index (χ1n) is 5.39. The number of amides is 1. The Morgan fingerprint density at radius 2 is 2.22 bits per heavy atom. The number of halogens is 1. The topological polar surface area (TPSA) is 88.2 Å². The summed E-state index contributed by atoms with van der Waals surface area (Å²) in [6.07, 6.45) is 4.00. The van der Waals surface area contributed by atoms with Gasteiger partial charge in [0.05, 0.1) is 0 Å². The third-order valence-electron chi connectivity index (χ3n) is 2.57. The first-order valence-corrected chi connectivity index (χ1v) is 7.67. The predicted molar refractivity (Wildman–Crippen MR) is 68.3 cm³/mol. The fraction of sp³-hybridized carbons (Fsp3) is 0.400. The van der Waals surface area contributed by atoms with E-state index in [-0.39, 0.29) is 10.8 Å². The van der Waals surface area contributed by atoms with Crippen LogP contribution in [-0.4, -0.2) is 31.9 Å². The first-order chi connectivity index (χ1) is 8.49. The molecule has 0 radical (unpaired) electrons. The molecule has 2 heterocycles. The van der Waals surface area contributed by atoms with Crippen molar-refractivity contribution in [3.8, 4) is 0 Å².